The van der Waals surface area contributed by atoms with Gasteiger partial charge in [-0.2, -0.15) is 0 Å². The first kappa shape index (κ1) is 13.9. The summed E-state index contributed by atoms with van der Waals surface area (Å²) in [6.45, 7) is 0.426. The second kappa shape index (κ2) is 6.11. The molecule has 0 bridgehead atoms. The van der Waals surface area contributed by atoms with Gasteiger partial charge in [-0.15, -0.1) is 11.3 Å². The lowest BCUT2D eigenvalue weighted by Gasteiger charge is -2.05. The standard InChI is InChI=1S/C12H9IN2O3S/c13-11-4-3-8(15(17)18)6-10(11)12(16)14-7-9-2-1-5-19-9/h1-6H,7H2,(H,14,16). The quantitative estimate of drug-likeness (QED) is 0.497. The second-order valence-corrected chi connectivity index (χ2v) is 5.88. The summed E-state index contributed by atoms with van der Waals surface area (Å²) in [7, 11) is 0. The molecule has 0 unspecified atom stereocenters. The number of thiophene rings is 1. The van der Waals surface area contributed by atoms with Crippen molar-refractivity contribution in [3.05, 3.63) is 59.8 Å². The predicted molar refractivity (Wildman–Crippen MR) is 81.3 cm³/mol. The van der Waals surface area contributed by atoms with Crippen LogP contribution in [0.1, 0.15) is 15.2 Å². The van der Waals surface area contributed by atoms with Gasteiger partial charge in [-0.25, -0.2) is 0 Å². The summed E-state index contributed by atoms with van der Waals surface area (Å²) in [5.41, 5.74) is 0.244. The smallest absolute Gasteiger partial charge is 0.270 e. The van der Waals surface area contributed by atoms with Gasteiger partial charge in [0.25, 0.3) is 11.6 Å². The number of amides is 1. The number of rotatable bonds is 4. The van der Waals surface area contributed by atoms with E-state index in [1.54, 1.807) is 17.4 Å². The molecule has 0 aliphatic rings. The zero-order valence-electron chi connectivity index (χ0n) is 9.63. The highest BCUT2D eigenvalue weighted by Gasteiger charge is 2.15. The Bertz CT molecular complexity index is 613. The van der Waals surface area contributed by atoms with Gasteiger partial charge in [0.05, 0.1) is 17.0 Å². The fourth-order valence-electron chi connectivity index (χ4n) is 1.48. The summed E-state index contributed by atoms with van der Waals surface area (Å²) in [5.74, 6) is -0.304. The normalized spacial score (nSPS) is 10.2. The zero-order valence-corrected chi connectivity index (χ0v) is 12.6. The Morgan fingerprint density at radius 2 is 2.21 bits per heavy atom. The van der Waals surface area contributed by atoms with Gasteiger partial charge in [-0.1, -0.05) is 6.07 Å². The molecular weight excluding hydrogens is 379 g/mol. The van der Waals surface area contributed by atoms with Gasteiger partial charge in [-0.05, 0) is 40.1 Å². The molecule has 2 rings (SSSR count). The van der Waals surface area contributed by atoms with Crippen molar-refractivity contribution in [2.75, 3.05) is 0 Å². The number of hydrogen-bond donors (Lipinski definition) is 1. The summed E-state index contributed by atoms with van der Waals surface area (Å²) >= 11 is 3.54. The number of nitrogens with one attached hydrogen (secondary N) is 1. The topological polar surface area (TPSA) is 72.2 Å². The van der Waals surface area contributed by atoms with Gasteiger partial charge in [0.2, 0.25) is 0 Å². The van der Waals surface area contributed by atoms with Crippen molar-refractivity contribution < 1.29 is 9.72 Å². The maximum absolute atomic E-state index is 12.0. The molecule has 0 saturated carbocycles. The number of nitrogens with zero attached hydrogens (tertiary/aromatic N) is 1. The average molecular weight is 388 g/mol. The molecule has 5 nitrogen and oxygen atoms in total. The van der Waals surface area contributed by atoms with Crippen molar-refractivity contribution in [2.24, 2.45) is 0 Å². The van der Waals surface area contributed by atoms with Crippen LogP contribution in [0.2, 0.25) is 0 Å². The molecule has 1 aromatic carbocycles. The van der Waals surface area contributed by atoms with E-state index in [1.807, 2.05) is 40.1 Å². The van der Waals surface area contributed by atoms with Crippen LogP contribution in [0.15, 0.2) is 35.7 Å². The minimum absolute atomic E-state index is 0.0818. The zero-order chi connectivity index (χ0) is 13.8. The molecule has 0 radical (unpaired) electrons. The van der Waals surface area contributed by atoms with Crippen LogP contribution in [-0.2, 0) is 6.54 Å². The molecule has 0 saturated heterocycles. The van der Waals surface area contributed by atoms with Crippen LogP contribution < -0.4 is 5.32 Å². The fraction of sp³-hybridized carbons (Fsp3) is 0.0833. The van der Waals surface area contributed by atoms with E-state index in [4.69, 9.17) is 0 Å². The maximum Gasteiger partial charge on any atom is 0.270 e. The highest BCUT2D eigenvalue weighted by atomic mass is 127. The third-order valence-electron chi connectivity index (χ3n) is 2.41. The van der Waals surface area contributed by atoms with Crippen LogP contribution in [-0.4, -0.2) is 10.8 Å². The summed E-state index contributed by atoms with van der Waals surface area (Å²) in [5, 5.41) is 15.4. The van der Waals surface area contributed by atoms with Crippen molar-refractivity contribution in [2.45, 2.75) is 6.54 Å². The van der Waals surface area contributed by atoms with E-state index in [0.29, 0.717) is 15.7 Å². The number of halogens is 1. The maximum atomic E-state index is 12.0. The van der Waals surface area contributed by atoms with Crippen LogP contribution >= 0.6 is 33.9 Å². The molecule has 0 aliphatic carbocycles. The molecule has 1 N–H and O–H groups in total. The van der Waals surface area contributed by atoms with Gasteiger partial charge >= 0.3 is 0 Å². The molecule has 1 aromatic heterocycles. The molecule has 0 aliphatic heterocycles. The summed E-state index contributed by atoms with van der Waals surface area (Å²) in [6, 6.07) is 8.08. The third-order valence-corrected chi connectivity index (χ3v) is 4.23. The van der Waals surface area contributed by atoms with E-state index in [0.717, 1.165) is 4.88 Å². The average Bonchev–Trinajstić information content (AvgIpc) is 2.89. The Morgan fingerprint density at radius 1 is 1.42 bits per heavy atom. The Balaban J connectivity index is 2.14. The van der Waals surface area contributed by atoms with Crippen molar-refractivity contribution >= 4 is 45.5 Å². The van der Waals surface area contributed by atoms with Crippen LogP contribution in [0, 0.1) is 13.7 Å². The molecule has 19 heavy (non-hydrogen) atoms. The molecule has 7 heteroatoms. The molecule has 1 amide bonds. The van der Waals surface area contributed by atoms with E-state index >= 15 is 0 Å². The number of benzene rings is 1. The number of carbonyl (C=O) groups is 1. The van der Waals surface area contributed by atoms with Gasteiger partial charge in [0, 0.05) is 20.6 Å². The lowest BCUT2D eigenvalue weighted by atomic mass is 10.2. The lowest BCUT2D eigenvalue weighted by molar-refractivity contribution is -0.384. The summed E-state index contributed by atoms with van der Waals surface area (Å²) in [6.07, 6.45) is 0. The Morgan fingerprint density at radius 3 is 2.84 bits per heavy atom. The van der Waals surface area contributed by atoms with E-state index in [2.05, 4.69) is 5.32 Å². The molecule has 98 valence electrons. The highest BCUT2D eigenvalue weighted by molar-refractivity contribution is 14.1. The molecule has 2 aromatic rings. The summed E-state index contributed by atoms with van der Waals surface area (Å²) < 4.78 is 0.687. The fourth-order valence-corrected chi connectivity index (χ4v) is 2.70. The first-order chi connectivity index (χ1) is 9.08. The number of nitro benzene ring substituents is 1. The first-order valence-corrected chi connectivity index (χ1v) is 7.28. The molecule has 0 spiro atoms. The van der Waals surface area contributed by atoms with Gasteiger partial charge in [0.1, 0.15) is 0 Å². The molecule has 1 heterocycles. The van der Waals surface area contributed by atoms with E-state index < -0.39 is 4.92 Å². The lowest BCUT2D eigenvalue weighted by Crippen LogP contribution is -2.23. The number of nitro groups is 1. The van der Waals surface area contributed by atoms with E-state index in [9.17, 15) is 14.9 Å². The number of carbonyl (C=O) groups excluding carboxylic acids is 1. The number of hydrogen-bond acceptors (Lipinski definition) is 4. The molecular formula is C12H9IN2O3S. The predicted octanol–water partition coefficient (Wildman–Crippen LogP) is 3.19. The van der Waals surface area contributed by atoms with Gasteiger partial charge < -0.3 is 5.32 Å². The largest absolute Gasteiger partial charge is 0.347 e. The first-order valence-electron chi connectivity index (χ1n) is 5.32. The third kappa shape index (κ3) is 3.51. The van der Waals surface area contributed by atoms with E-state index in [-0.39, 0.29) is 11.6 Å². The van der Waals surface area contributed by atoms with Crippen LogP contribution in [0.25, 0.3) is 0 Å². The monoisotopic (exact) mass is 388 g/mol. The molecule has 0 atom stereocenters. The van der Waals surface area contributed by atoms with E-state index in [1.165, 1.54) is 12.1 Å². The Labute approximate surface area is 126 Å². The number of non-ortho nitro benzene ring substituents is 1. The van der Waals surface area contributed by atoms with Crippen molar-refractivity contribution in [1.29, 1.82) is 0 Å². The Kier molecular flexibility index (Phi) is 4.48. The highest BCUT2D eigenvalue weighted by Crippen LogP contribution is 2.19. The Hall–Kier alpha value is -1.48. The van der Waals surface area contributed by atoms with Crippen LogP contribution in [0.4, 0.5) is 5.69 Å². The van der Waals surface area contributed by atoms with Gasteiger partial charge in [0.15, 0.2) is 0 Å². The van der Waals surface area contributed by atoms with Crippen molar-refractivity contribution in [1.82, 2.24) is 5.32 Å². The van der Waals surface area contributed by atoms with Crippen molar-refractivity contribution in [3.8, 4) is 0 Å². The SMILES string of the molecule is O=C(NCc1cccs1)c1cc([N+](=O)[O-])ccc1I. The van der Waals surface area contributed by atoms with Crippen LogP contribution in [0.5, 0.6) is 0 Å². The minimum atomic E-state index is -0.508. The summed E-state index contributed by atoms with van der Waals surface area (Å²) in [4.78, 5) is 23.2. The van der Waals surface area contributed by atoms with Gasteiger partial charge in [-0.3, -0.25) is 14.9 Å². The minimum Gasteiger partial charge on any atom is -0.347 e. The molecule has 0 fully saturated rings. The second-order valence-electron chi connectivity index (χ2n) is 3.68. The van der Waals surface area contributed by atoms with Crippen molar-refractivity contribution in [3.63, 3.8) is 0 Å². The van der Waals surface area contributed by atoms with Crippen LogP contribution in [0.3, 0.4) is 0 Å².